The predicted molar refractivity (Wildman–Crippen MR) is 124 cm³/mol. The van der Waals surface area contributed by atoms with Gasteiger partial charge in [0.2, 0.25) is 5.91 Å². The van der Waals surface area contributed by atoms with Gasteiger partial charge in [-0.15, -0.1) is 0 Å². The number of carbonyl (C=O) groups excluding carboxylic acids is 2. The zero-order valence-corrected chi connectivity index (χ0v) is 19.4. The molecular formula is C26H32N4O3. The molecule has 1 aromatic carbocycles. The fourth-order valence-corrected chi connectivity index (χ4v) is 5.21. The molecule has 1 atom stereocenters. The molecule has 2 amide bonds. The summed E-state index contributed by atoms with van der Waals surface area (Å²) in [5.41, 5.74) is 5.24. The maximum Gasteiger partial charge on any atom is 0.257 e. The van der Waals surface area contributed by atoms with Gasteiger partial charge >= 0.3 is 0 Å². The maximum absolute atomic E-state index is 13.0. The van der Waals surface area contributed by atoms with Crippen molar-refractivity contribution in [2.75, 3.05) is 39.4 Å². The second kappa shape index (κ2) is 9.59. The van der Waals surface area contributed by atoms with E-state index in [9.17, 15) is 9.59 Å². The number of aromatic nitrogens is 2. The predicted octanol–water partition coefficient (Wildman–Crippen LogP) is 2.69. The van der Waals surface area contributed by atoms with Crippen molar-refractivity contribution in [1.29, 1.82) is 0 Å². The van der Waals surface area contributed by atoms with E-state index >= 15 is 0 Å². The van der Waals surface area contributed by atoms with Crippen LogP contribution in [-0.4, -0.2) is 71.0 Å². The first kappa shape index (κ1) is 22.0. The van der Waals surface area contributed by atoms with Gasteiger partial charge in [0.15, 0.2) is 0 Å². The monoisotopic (exact) mass is 448 g/mol. The lowest BCUT2D eigenvalue weighted by molar-refractivity contribution is -0.129. The van der Waals surface area contributed by atoms with Crippen LogP contribution in [0.15, 0.2) is 24.4 Å². The van der Waals surface area contributed by atoms with Gasteiger partial charge in [0, 0.05) is 38.3 Å². The average molecular weight is 449 g/mol. The van der Waals surface area contributed by atoms with Crippen molar-refractivity contribution in [2.24, 2.45) is 0 Å². The lowest BCUT2D eigenvalue weighted by Crippen LogP contribution is -2.41. The molecule has 7 nitrogen and oxygen atoms in total. The lowest BCUT2D eigenvalue weighted by Gasteiger charge is -2.27. The Kier molecular flexibility index (Phi) is 6.40. The maximum atomic E-state index is 13.0. The molecule has 0 saturated carbocycles. The van der Waals surface area contributed by atoms with Crippen molar-refractivity contribution in [3.63, 3.8) is 0 Å². The molecule has 3 heterocycles. The Bertz CT molecular complexity index is 1050. The van der Waals surface area contributed by atoms with E-state index in [-0.39, 0.29) is 17.7 Å². The van der Waals surface area contributed by atoms with Gasteiger partial charge in [0.05, 0.1) is 30.9 Å². The Morgan fingerprint density at radius 3 is 2.64 bits per heavy atom. The minimum Gasteiger partial charge on any atom is -0.378 e. The van der Waals surface area contributed by atoms with Crippen molar-refractivity contribution >= 4 is 11.8 Å². The van der Waals surface area contributed by atoms with E-state index in [0.29, 0.717) is 50.5 Å². The van der Waals surface area contributed by atoms with Crippen LogP contribution in [0.25, 0.3) is 0 Å². The molecule has 174 valence electrons. The molecule has 2 aromatic rings. The third kappa shape index (κ3) is 4.78. The molecule has 0 spiro atoms. The van der Waals surface area contributed by atoms with Crippen LogP contribution >= 0.6 is 0 Å². The number of nitrogens with zero attached hydrogens (tertiary/aromatic N) is 4. The summed E-state index contributed by atoms with van der Waals surface area (Å²) in [4.78, 5) is 38.7. The number of likely N-dealkylation sites (tertiary alicyclic amines) is 1. The molecular weight excluding hydrogens is 416 g/mol. The second-order valence-corrected chi connectivity index (χ2v) is 9.44. The van der Waals surface area contributed by atoms with Crippen molar-refractivity contribution in [3.05, 3.63) is 58.2 Å². The zero-order valence-electron chi connectivity index (χ0n) is 19.4. The number of rotatable bonds is 4. The molecule has 0 unspecified atom stereocenters. The van der Waals surface area contributed by atoms with Gasteiger partial charge in [0.1, 0.15) is 5.82 Å². The molecule has 0 radical (unpaired) electrons. The molecule has 33 heavy (non-hydrogen) atoms. The van der Waals surface area contributed by atoms with Crippen molar-refractivity contribution in [3.8, 4) is 0 Å². The standard InChI is InChI=1S/C26H32N4O3/c1-18-23(26(32)29-10-12-33-13-11-29)16-27-25(28-18)22-8-9-30(17-22)24(31)15-19-6-7-20-4-2-3-5-21(20)14-19/h6-7,14,16,22H,2-5,8-13,15,17H2,1H3/t22-/m1/s1. The Morgan fingerprint density at radius 2 is 1.85 bits per heavy atom. The Hall–Kier alpha value is -2.80. The quantitative estimate of drug-likeness (QED) is 0.719. The van der Waals surface area contributed by atoms with E-state index in [2.05, 4.69) is 28.2 Å². The Morgan fingerprint density at radius 1 is 1.06 bits per heavy atom. The van der Waals surface area contributed by atoms with Gasteiger partial charge in [-0.05, 0) is 55.7 Å². The summed E-state index contributed by atoms with van der Waals surface area (Å²) in [6, 6.07) is 6.56. The van der Waals surface area contributed by atoms with E-state index in [0.717, 1.165) is 37.2 Å². The second-order valence-electron chi connectivity index (χ2n) is 9.44. The first-order chi connectivity index (χ1) is 16.1. The van der Waals surface area contributed by atoms with Gasteiger partial charge < -0.3 is 14.5 Å². The van der Waals surface area contributed by atoms with E-state index < -0.39 is 0 Å². The summed E-state index contributed by atoms with van der Waals surface area (Å²) < 4.78 is 5.34. The largest absolute Gasteiger partial charge is 0.378 e. The topological polar surface area (TPSA) is 75.6 Å². The summed E-state index contributed by atoms with van der Waals surface area (Å²) >= 11 is 0. The van der Waals surface area contributed by atoms with Crippen molar-refractivity contribution < 1.29 is 14.3 Å². The van der Waals surface area contributed by atoms with Crippen molar-refractivity contribution in [2.45, 2.75) is 51.4 Å². The fraction of sp³-hybridized carbons (Fsp3) is 0.538. The normalized spacial score (nSPS) is 20.6. The van der Waals surface area contributed by atoms with Gasteiger partial charge in [-0.2, -0.15) is 0 Å². The number of amides is 2. The first-order valence-corrected chi connectivity index (χ1v) is 12.2. The molecule has 0 bridgehead atoms. The van der Waals surface area contributed by atoms with Crippen LogP contribution in [0, 0.1) is 6.92 Å². The number of carbonyl (C=O) groups is 2. The average Bonchev–Trinajstić information content (AvgIpc) is 3.35. The van der Waals surface area contributed by atoms with Gasteiger partial charge in [-0.3, -0.25) is 9.59 Å². The number of fused-ring (bicyclic) bond motifs is 1. The third-order valence-electron chi connectivity index (χ3n) is 7.20. The fourth-order valence-electron chi connectivity index (χ4n) is 5.21. The summed E-state index contributed by atoms with van der Waals surface area (Å²) in [6.07, 6.45) is 7.77. The molecule has 5 rings (SSSR count). The number of morpholine rings is 1. The van der Waals surface area contributed by atoms with Crippen LogP contribution in [0.2, 0.25) is 0 Å². The molecule has 2 fully saturated rings. The van der Waals surface area contributed by atoms with Crippen LogP contribution in [-0.2, 0) is 28.8 Å². The molecule has 1 aromatic heterocycles. The third-order valence-corrected chi connectivity index (χ3v) is 7.20. The zero-order chi connectivity index (χ0) is 22.8. The molecule has 3 aliphatic rings. The highest BCUT2D eigenvalue weighted by molar-refractivity contribution is 5.95. The highest BCUT2D eigenvalue weighted by Crippen LogP contribution is 2.27. The van der Waals surface area contributed by atoms with E-state index in [1.54, 1.807) is 11.1 Å². The first-order valence-electron chi connectivity index (χ1n) is 12.2. The van der Waals surface area contributed by atoms with Crippen LogP contribution in [0.3, 0.4) is 0 Å². The number of benzene rings is 1. The van der Waals surface area contributed by atoms with Crippen LogP contribution < -0.4 is 0 Å². The molecule has 2 aliphatic heterocycles. The molecule has 2 saturated heterocycles. The van der Waals surface area contributed by atoms with Crippen LogP contribution in [0.4, 0.5) is 0 Å². The number of hydrogen-bond donors (Lipinski definition) is 0. The Balaban J connectivity index is 1.21. The summed E-state index contributed by atoms with van der Waals surface area (Å²) in [5.74, 6) is 0.985. The number of hydrogen-bond acceptors (Lipinski definition) is 5. The molecule has 7 heteroatoms. The summed E-state index contributed by atoms with van der Waals surface area (Å²) in [5, 5.41) is 0. The van der Waals surface area contributed by atoms with Crippen molar-refractivity contribution in [1.82, 2.24) is 19.8 Å². The Labute approximate surface area is 195 Å². The van der Waals surface area contributed by atoms with E-state index in [4.69, 9.17) is 4.74 Å². The minimum atomic E-state index is -0.0318. The smallest absolute Gasteiger partial charge is 0.257 e. The highest BCUT2D eigenvalue weighted by atomic mass is 16.5. The number of aryl methyl sites for hydroxylation is 3. The summed E-state index contributed by atoms with van der Waals surface area (Å²) in [7, 11) is 0. The van der Waals surface area contributed by atoms with Gasteiger partial charge in [-0.1, -0.05) is 18.2 Å². The van der Waals surface area contributed by atoms with E-state index in [1.165, 1.54) is 24.0 Å². The SMILES string of the molecule is Cc1nc([C@@H]2CCN(C(=O)Cc3ccc4c(c3)CCCC4)C2)ncc1C(=O)N1CCOCC1. The van der Waals surface area contributed by atoms with Crippen LogP contribution in [0.5, 0.6) is 0 Å². The van der Waals surface area contributed by atoms with Gasteiger partial charge in [0.25, 0.3) is 5.91 Å². The lowest BCUT2D eigenvalue weighted by atomic mass is 9.90. The highest BCUT2D eigenvalue weighted by Gasteiger charge is 2.30. The van der Waals surface area contributed by atoms with Crippen LogP contribution in [0.1, 0.15) is 63.7 Å². The minimum absolute atomic E-state index is 0.0318. The van der Waals surface area contributed by atoms with E-state index in [1.807, 2.05) is 11.8 Å². The summed E-state index contributed by atoms with van der Waals surface area (Å²) in [6.45, 7) is 5.58. The van der Waals surface area contributed by atoms with Gasteiger partial charge in [-0.25, -0.2) is 9.97 Å². The molecule has 0 N–H and O–H groups in total. The number of ether oxygens (including phenoxy) is 1. The molecule has 1 aliphatic carbocycles.